The first-order chi connectivity index (χ1) is 9.31. The molecular formula is C10H13ClN6O2S. The van der Waals surface area contributed by atoms with Crippen molar-refractivity contribution in [3.05, 3.63) is 23.1 Å². The number of aryl methyl sites for hydroxylation is 2. The fourth-order valence-corrected chi connectivity index (χ4v) is 2.79. The lowest BCUT2D eigenvalue weighted by Crippen LogP contribution is -2.16. The van der Waals surface area contributed by atoms with Gasteiger partial charge in [0.15, 0.2) is 5.82 Å². The lowest BCUT2D eigenvalue weighted by atomic mass is 10.5. The Hall–Kier alpha value is -1.87. The van der Waals surface area contributed by atoms with Crippen LogP contribution in [0.15, 0.2) is 17.2 Å². The number of nitrogens with zero attached hydrogens (tertiary/aromatic N) is 4. The Bertz CT molecular complexity index is 722. The summed E-state index contributed by atoms with van der Waals surface area (Å²) in [4.78, 5) is 7.62. The van der Waals surface area contributed by atoms with Crippen molar-refractivity contribution in [3.63, 3.8) is 0 Å². The minimum absolute atomic E-state index is 0.0851. The van der Waals surface area contributed by atoms with Gasteiger partial charge in [0.25, 0.3) is 10.0 Å². The average Bonchev–Trinajstić information content (AvgIpc) is 2.69. The van der Waals surface area contributed by atoms with E-state index in [0.29, 0.717) is 12.2 Å². The summed E-state index contributed by atoms with van der Waals surface area (Å²) in [5.41, 5.74) is 6.14. The van der Waals surface area contributed by atoms with E-state index >= 15 is 0 Å². The van der Waals surface area contributed by atoms with Gasteiger partial charge in [-0.05, 0) is 19.9 Å². The molecule has 0 radical (unpaired) electrons. The highest BCUT2D eigenvalue weighted by Crippen LogP contribution is 2.19. The number of rotatable bonds is 4. The largest absolute Gasteiger partial charge is 0.381 e. The third kappa shape index (κ3) is 2.99. The average molecular weight is 317 g/mol. The van der Waals surface area contributed by atoms with Gasteiger partial charge in [0, 0.05) is 18.4 Å². The van der Waals surface area contributed by atoms with Crippen LogP contribution in [0.3, 0.4) is 0 Å². The highest BCUT2D eigenvalue weighted by molar-refractivity contribution is 7.92. The number of hydrogen-bond acceptors (Lipinski definition) is 6. The van der Waals surface area contributed by atoms with Gasteiger partial charge in [-0.3, -0.25) is 4.68 Å². The maximum absolute atomic E-state index is 12.2. The lowest BCUT2D eigenvalue weighted by Gasteiger charge is -2.06. The van der Waals surface area contributed by atoms with E-state index in [1.807, 2.05) is 6.92 Å². The number of anilines is 2. The molecule has 0 aromatic carbocycles. The maximum atomic E-state index is 12.2. The van der Waals surface area contributed by atoms with E-state index in [4.69, 9.17) is 17.3 Å². The smallest absolute Gasteiger partial charge is 0.269 e. The third-order valence-electron chi connectivity index (χ3n) is 2.42. The number of nitrogen functional groups attached to an aromatic ring is 1. The standard InChI is InChI=1S/C10H13ClN6O2S/c1-3-17-5-7(9(12)15-17)20(18,19)16-10-13-6(2)4-8(11)14-10/h4-5H,3H2,1-2H3,(H2,12,15)(H,13,14,16). The molecule has 0 amide bonds. The quantitative estimate of drug-likeness (QED) is 0.814. The molecule has 0 atom stereocenters. The van der Waals surface area contributed by atoms with E-state index in [1.54, 1.807) is 6.92 Å². The highest BCUT2D eigenvalue weighted by atomic mass is 35.5. The number of sulfonamides is 1. The molecule has 0 aliphatic heterocycles. The molecule has 0 aliphatic carbocycles. The number of hydrogen-bond donors (Lipinski definition) is 2. The summed E-state index contributed by atoms with van der Waals surface area (Å²) in [6, 6.07) is 1.52. The van der Waals surface area contributed by atoms with Crippen LogP contribution in [-0.4, -0.2) is 28.2 Å². The Morgan fingerprint density at radius 3 is 2.70 bits per heavy atom. The van der Waals surface area contributed by atoms with Crippen molar-refractivity contribution in [2.24, 2.45) is 0 Å². The number of aromatic nitrogens is 4. The fourth-order valence-electron chi connectivity index (χ4n) is 1.54. The Morgan fingerprint density at radius 1 is 1.45 bits per heavy atom. The summed E-state index contributed by atoms with van der Waals surface area (Å²) < 4.78 is 28.1. The fraction of sp³-hybridized carbons (Fsp3) is 0.300. The molecule has 2 aromatic heterocycles. The maximum Gasteiger partial charge on any atom is 0.269 e. The Morgan fingerprint density at radius 2 is 2.15 bits per heavy atom. The molecule has 2 heterocycles. The third-order valence-corrected chi connectivity index (χ3v) is 3.96. The van der Waals surface area contributed by atoms with E-state index in [-0.39, 0.29) is 21.8 Å². The van der Waals surface area contributed by atoms with Crippen molar-refractivity contribution in [1.29, 1.82) is 0 Å². The number of nitrogens with two attached hydrogens (primary N) is 1. The van der Waals surface area contributed by atoms with Gasteiger partial charge in [-0.1, -0.05) is 11.6 Å². The molecule has 2 rings (SSSR count). The number of nitrogens with one attached hydrogen (secondary N) is 1. The van der Waals surface area contributed by atoms with Gasteiger partial charge in [0.1, 0.15) is 10.0 Å². The van der Waals surface area contributed by atoms with Crippen LogP contribution in [0.4, 0.5) is 11.8 Å². The SMILES string of the molecule is CCn1cc(S(=O)(=O)Nc2nc(C)cc(Cl)n2)c(N)n1. The van der Waals surface area contributed by atoms with Gasteiger partial charge in [0.05, 0.1) is 0 Å². The van der Waals surface area contributed by atoms with Crippen LogP contribution in [-0.2, 0) is 16.6 Å². The summed E-state index contributed by atoms with van der Waals surface area (Å²) in [5.74, 6) is -0.197. The Balaban J connectivity index is 2.37. The van der Waals surface area contributed by atoms with Gasteiger partial charge in [-0.2, -0.15) is 5.10 Å². The second kappa shape index (κ2) is 5.25. The first-order valence-corrected chi connectivity index (χ1v) is 7.55. The minimum Gasteiger partial charge on any atom is -0.381 e. The van der Waals surface area contributed by atoms with Crippen LogP contribution >= 0.6 is 11.6 Å². The number of halogens is 1. The molecule has 20 heavy (non-hydrogen) atoms. The van der Waals surface area contributed by atoms with Gasteiger partial charge in [0.2, 0.25) is 5.95 Å². The summed E-state index contributed by atoms with van der Waals surface area (Å²) in [6.45, 7) is 4.00. The Kier molecular flexibility index (Phi) is 3.82. The second-order valence-electron chi connectivity index (χ2n) is 4.00. The normalized spacial score (nSPS) is 11.6. The van der Waals surface area contributed by atoms with Crippen molar-refractivity contribution in [2.75, 3.05) is 10.5 Å². The molecule has 2 aromatic rings. The van der Waals surface area contributed by atoms with Gasteiger partial charge in [-0.25, -0.2) is 23.1 Å². The van der Waals surface area contributed by atoms with Gasteiger partial charge >= 0.3 is 0 Å². The molecule has 0 saturated heterocycles. The predicted molar refractivity (Wildman–Crippen MR) is 74.9 cm³/mol. The van der Waals surface area contributed by atoms with Crippen molar-refractivity contribution >= 4 is 33.4 Å². The second-order valence-corrected chi connectivity index (χ2v) is 6.03. The first kappa shape index (κ1) is 14.5. The summed E-state index contributed by atoms with van der Waals surface area (Å²) in [5, 5.41) is 4.03. The molecule has 0 fully saturated rings. The van der Waals surface area contributed by atoms with Crippen molar-refractivity contribution in [1.82, 2.24) is 19.7 Å². The predicted octanol–water partition coefficient (Wildman–Crippen LogP) is 1.04. The lowest BCUT2D eigenvalue weighted by molar-refractivity contribution is 0.600. The molecule has 0 spiro atoms. The Labute approximate surface area is 121 Å². The van der Waals surface area contributed by atoms with Crippen LogP contribution in [0.25, 0.3) is 0 Å². The van der Waals surface area contributed by atoms with Crippen LogP contribution in [0.2, 0.25) is 5.15 Å². The first-order valence-electron chi connectivity index (χ1n) is 5.68. The summed E-state index contributed by atoms with van der Waals surface area (Å²) in [7, 11) is -3.91. The van der Waals surface area contributed by atoms with Gasteiger partial charge in [-0.15, -0.1) is 0 Å². The van der Waals surface area contributed by atoms with Crippen molar-refractivity contribution < 1.29 is 8.42 Å². The van der Waals surface area contributed by atoms with E-state index in [2.05, 4.69) is 19.8 Å². The molecule has 10 heteroatoms. The molecule has 0 saturated carbocycles. The van der Waals surface area contributed by atoms with E-state index in [9.17, 15) is 8.42 Å². The molecule has 0 bridgehead atoms. The van der Waals surface area contributed by atoms with Crippen LogP contribution in [0.1, 0.15) is 12.6 Å². The zero-order valence-corrected chi connectivity index (χ0v) is 12.4. The molecule has 0 aliphatic rings. The molecular weight excluding hydrogens is 304 g/mol. The molecule has 3 N–H and O–H groups in total. The minimum atomic E-state index is -3.91. The zero-order chi connectivity index (χ0) is 14.9. The van der Waals surface area contributed by atoms with Crippen LogP contribution in [0, 0.1) is 6.92 Å². The zero-order valence-electron chi connectivity index (χ0n) is 10.8. The van der Waals surface area contributed by atoms with E-state index in [1.165, 1.54) is 16.9 Å². The van der Waals surface area contributed by atoms with Crippen molar-refractivity contribution in [3.8, 4) is 0 Å². The van der Waals surface area contributed by atoms with E-state index < -0.39 is 10.0 Å². The van der Waals surface area contributed by atoms with Crippen LogP contribution < -0.4 is 10.5 Å². The summed E-state index contributed by atoms with van der Waals surface area (Å²) >= 11 is 5.76. The highest BCUT2D eigenvalue weighted by Gasteiger charge is 2.22. The summed E-state index contributed by atoms with van der Waals surface area (Å²) in [6.07, 6.45) is 1.34. The topological polar surface area (TPSA) is 116 Å². The van der Waals surface area contributed by atoms with Crippen LogP contribution in [0.5, 0.6) is 0 Å². The van der Waals surface area contributed by atoms with E-state index in [0.717, 1.165) is 0 Å². The molecule has 8 nitrogen and oxygen atoms in total. The van der Waals surface area contributed by atoms with Crippen molar-refractivity contribution in [2.45, 2.75) is 25.3 Å². The molecule has 108 valence electrons. The van der Waals surface area contributed by atoms with Gasteiger partial charge < -0.3 is 5.73 Å². The monoisotopic (exact) mass is 316 g/mol. The molecule has 0 unspecified atom stereocenters.